The van der Waals surface area contributed by atoms with Crippen LogP contribution < -0.4 is 11.1 Å². The second-order valence-electron chi connectivity index (χ2n) is 3.93. The highest BCUT2D eigenvalue weighted by Gasteiger charge is 2.15. The number of carbonyl (C=O) groups excluding carboxylic acids is 1. The van der Waals surface area contributed by atoms with Crippen molar-refractivity contribution in [3.8, 4) is 0 Å². The zero-order valence-corrected chi connectivity index (χ0v) is 14.6. The summed E-state index contributed by atoms with van der Waals surface area (Å²) in [4.78, 5) is 12.2. The number of hydrogen-bond donors (Lipinski definition) is 2. The van der Waals surface area contributed by atoms with E-state index in [1.54, 1.807) is 12.1 Å². The maximum Gasteiger partial charge on any atom is 0.257 e. The molecule has 3 nitrogen and oxygen atoms in total. The Balaban J connectivity index is 2.35. The van der Waals surface area contributed by atoms with Gasteiger partial charge in [-0.2, -0.15) is 0 Å². The summed E-state index contributed by atoms with van der Waals surface area (Å²) in [5.41, 5.74) is 6.53. The summed E-state index contributed by atoms with van der Waals surface area (Å²) in [7, 11) is 0. The van der Waals surface area contributed by atoms with Crippen molar-refractivity contribution in [2.75, 3.05) is 11.1 Å². The molecular formula is C13H8Br3FN2O. The summed E-state index contributed by atoms with van der Waals surface area (Å²) in [6.45, 7) is 0. The van der Waals surface area contributed by atoms with Crippen LogP contribution in [0.2, 0.25) is 0 Å². The quantitative estimate of drug-likeness (QED) is 0.615. The highest BCUT2D eigenvalue weighted by molar-refractivity contribution is 9.11. The van der Waals surface area contributed by atoms with Crippen molar-refractivity contribution < 1.29 is 9.18 Å². The molecule has 0 radical (unpaired) electrons. The minimum absolute atomic E-state index is 0.0896. The number of hydrogen-bond acceptors (Lipinski definition) is 2. The van der Waals surface area contributed by atoms with Crippen LogP contribution in [0.3, 0.4) is 0 Å². The highest BCUT2D eigenvalue weighted by Crippen LogP contribution is 2.34. The van der Waals surface area contributed by atoms with Gasteiger partial charge in [-0.3, -0.25) is 4.79 Å². The molecular weight excluding hydrogens is 459 g/mol. The van der Waals surface area contributed by atoms with Crippen molar-refractivity contribution in [2.45, 2.75) is 0 Å². The van der Waals surface area contributed by atoms with Crippen LogP contribution in [0.15, 0.2) is 43.7 Å². The van der Waals surface area contributed by atoms with Crippen LogP contribution in [-0.4, -0.2) is 5.91 Å². The van der Waals surface area contributed by atoms with E-state index in [9.17, 15) is 9.18 Å². The summed E-state index contributed by atoms with van der Waals surface area (Å²) < 4.78 is 15.4. The fraction of sp³-hybridized carbons (Fsp3) is 0. The van der Waals surface area contributed by atoms with Gasteiger partial charge in [0.05, 0.1) is 11.3 Å². The van der Waals surface area contributed by atoms with Gasteiger partial charge in [0.15, 0.2) is 0 Å². The van der Waals surface area contributed by atoms with Crippen LogP contribution in [0.1, 0.15) is 10.4 Å². The molecule has 0 fully saturated rings. The fourth-order valence-electron chi connectivity index (χ4n) is 1.57. The number of nitrogens with one attached hydrogen (secondary N) is 1. The molecule has 0 aliphatic carbocycles. The Morgan fingerprint density at radius 2 is 1.70 bits per heavy atom. The van der Waals surface area contributed by atoms with Crippen molar-refractivity contribution in [3.05, 3.63) is 55.1 Å². The van der Waals surface area contributed by atoms with E-state index in [4.69, 9.17) is 5.73 Å². The van der Waals surface area contributed by atoms with Gasteiger partial charge in [-0.25, -0.2) is 4.39 Å². The molecule has 0 unspecified atom stereocenters. The second kappa shape index (κ2) is 6.24. The number of benzene rings is 2. The molecule has 0 bridgehead atoms. The molecule has 20 heavy (non-hydrogen) atoms. The van der Waals surface area contributed by atoms with E-state index in [1.165, 1.54) is 12.1 Å². The van der Waals surface area contributed by atoms with E-state index in [0.717, 1.165) is 10.5 Å². The molecule has 2 aromatic rings. The van der Waals surface area contributed by atoms with E-state index < -0.39 is 11.7 Å². The van der Waals surface area contributed by atoms with Crippen LogP contribution >= 0.6 is 47.8 Å². The van der Waals surface area contributed by atoms with Gasteiger partial charge < -0.3 is 11.1 Å². The minimum atomic E-state index is -0.515. The standard InChI is InChI=1S/C13H8Br3FN2O/c14-6-3-9(15)12(10(16)4-6)19-13(20)8-5-7(17)1-2-11(8)18/h1-5H,18H2,(H,19,20). The maximum atomic E-state index is 13.2. The lowest BCUT2D eigenvalue weighted by molar-refractivity contribution is 0.102. The van der Waals surface area contributed by atoms with E-state index in [2.05, 4.69) is 53.1 Å². The Morgan fingerprint density at radius 3 is 2.30 bits per heavy atom. The third kappa shape index (κ3) is 3.39. The molecule has 0 spiro atoms. The van der Waals surface area contributed by atoms with Crippen molar-refractivity contribution >= 4 is 65.1 Å². The van der Waals surface area contributed by atoms with E-state index in [1.807, 2.05) is 0 Å². The van der Waals surface area contributed by atoms with Crippen LogP contribution in [0.4, 0.5) is 15.8 Å². The maximum absolute atomic E-state index is 13.2. The van der Waals surface area contributed by atoms with Gasteiger partial charge in [-0.05, 0) is 62.2 Å². The van der Waals surface area contributed by atoms with Crippen LogP contribution in [0.5, 0.6) is 0 Å². The molecule has 104 valence electrons. The monoisotopic (exact) mass is 464 g/mol. The average molecular weight is 467 g/mol. The number of halogens is 4. The largest absolute Gasteiger partial charge is 0.398 e. The predicted octanol–water partition coefficient (Wildman–Crippen LogP) is 4.95. The number of rotatable bonds is 2. The third-order valence-corrected chi connectivity index (χ3v) is 4.21. The third-order valence-electron chi connectivity index (χ3n) is 2.51. The normalized spacial score (nSPS) is 10.4. The van der Waals surface area contributed by atoms with Gasteiger partial charge >= 0.3 is 0 Å². The lowest BCUT2D eigenvalue weighted by atomic mass is 10.1. The Hall–Kier alpha value is -0.920. The van der Waals surface area contributed by atoms with E-state index in [-0.39, 0.29) is 11.3 Å². The summed E-state index contributed by atoms with van der Waals surface area (Å²) in [5.74, 6) is -0.996. The lowest BCUT2D eigenvalue weighted by Crippen LogP contribution is -2.15. The number of nitrogens with two attached hydrogens (primary N) is 1. The van der Waals surface area contributed by atoms with Gasteiger partial charge in [0, 0.05) is 19.1 Å². The Kier molecular flexibility index (Phi) is 4.82. The summed E-state index contributed by atoms with van der Waals surface area (Å²) in [6.07, 6.45) is 0. The average Bonchev–Trinajstić information content (AvgIpc) is 2.36. The highest BCUT2D eigenvalue weighted by atomic mass is 79.9. The molecule has 2 aromatic carbocycles. The first-order valence-electron chi connectivity index (χ1n) is 5.39. The van der Waals surface area contributed by atoms with Crippen LogP contribution in [-0.2, 0) is 0 Å². The molecule has 0 aliphatic rings. The summed E-state index contributed by atoms with van der Waals surface area (Å²) in [6, 6.07) is 7.24. The Labute approximate surface area is 140 Å². The van der Waals surface area contributed by atoms with Crippen molar-refractivity contribution in [3.63, 3.8) is 0 Å². The predicted molar refractivity (Wildman–Crippen MR) is 88.3 cm³/mol. The summed E-state index contributed by atoms with van der Waals surface area (Å²) >= 11 is 10.0. The van der Waals surface area contributed by atoms with Crippen molar-refractivity contribution in [2.24, 2.45) is 0 Å². The molecule has 0 saturated heterocycles. The van der Waals surface area contributed by atoms with Crippen molar-refractivity contribution in [1.29, 1.82) is 0 Å². The fourth-order valence-corrected chi connectivity index (χ4v) is 4.02. The molecule has 7 heteroatoms. The molecule has 1 amide bonds. The molecule has 3 N–H and O–H groups in total. The molecule has 0 aliphatic heterocycles. The molecule has 2 rings (SSSR count). The van der Waals surface area contributed by atoms with Gasteiger partial charge in [0.2, 0.25) is 0 Å². The molecule has 0 saturated carbocycles. The number of anilines is 2. The molecule has 0 atom stereocenters. The smallest absolute Gasteiger partial charge is 0.257 e. The first kappa shape index (κ1) is 15.5. The van der Waals surface area contributed by atoms with Crippen molar-refractivity contribution in [1.82, 2.24) is 0 Å². The number of nitrogen functional groups attached to an aromatic ring is 1. The zero-order valence-electron chi connectivity index (χ0n) is 9.88. The van der Waals surface area contributed by atoms with Gasteiger partial charge in [0.25, 0.3) is 5.91 Å². The number of carbonyl (C=O) groups is 1. The summed E-state index contributed by atoms with van der Waals surface area (Å²) in [5, 5.41) is 2.69. The van der Waals surface area contributed by atoms with Gasteiger partial charge in [0.1, 0.15) is 5.82 Å². The SMILES string of the molecule is Nc1ccc(F)cc1C(=O)Nc1c(Br)cc(Br)cc1Br. The van der Waals surface area contributed by atoms with Crippen LogP contribution in [0, 0.1) is 5.82 Å². The van der Waals surface area contributed by atoms with Gasteiger partial charge in [-0.1, -0.05) is 15.9 Å². The second-order valence-corrected chi connectivity index (χ2v) is 6.55. The Morgan fingerprint density at radius 1 is 1.10 bits per heavy atom. The van der Waals surface area contributed by atoms with E-state index >= 15 is 0 Å². The van der Waals surface area contributed by atoms with Crippen LogP contribution in [0.25, 0.3) is 0 Å². The molecule has 0 aromatic heterocycles. The van der Waals surface area contributed by atoms with E-state index in [0.29, 0.717) is 14.6 Å². The number of amides is 1. The zero-order chi connectivity index (χ0) is 14.9. The lowest BCUT2D eigenvalue weighted by Gasteiger charge is -2.11. The first-order chi connectivity index (χ1) is 9.38. The topological polar surface area (TPSA) is 55.1 Å². The minimum Gasteiger partial charge on any atom is -0.398 e. The first-order valence-corrected chi connectivity index (χ1v) is 7.77. The molecule has 0 heterocycles. The Bertz CT molecular complexity index is 668. The van der Waals surface area contributed by atoms with Gasteiger partial charge in [-0.15, -0.1) is 0 Å².